The predicted octanol–water partition coefficient (Wildman–Crippen LogP) is 1.25. The number of nitrogens with zero attached hydrogens (tertiary/aromatic N) is 1. The van der Waals surface area contributed by atoms with Crippen LogP contribution in [0.2, 0.25) is 0 Å². The molecule has 1 heterocycles. The van der Waals surface area contributed by atoms with Gasteiger partial charge < -0.3 is 9.47 Å². The number of hydrogen-bond acceptors (Lipinski definition) is 5. The number of aromatic nitrogens is 1. The minimum absolute atomic E-state index is 0.0743. The van der Waals surface area contributed by atoms with Crippen molar-refractivity contribution in [1.82, 2.24) is 4.98 Å². The Hall–Kier alpha value is -1.91. The van der Waals surface area contributed by atoms with Gasteiger partial charge in [0.05, 0.1) is 18.7 Å². The van der Waals surface area contributed by atoms with Crippen molar-refractivity contribution in [2.24, 2.45) is 0 Å². The number of pyridine rings is 1. The van der Waals surface area contributed by atoms with Gasteiger partial charge in [-0.15, -0.1) is 0 Å². The lowest BCUT2D eigenvalue weighted by molar-refractivity contribution is -0.142. The lowest BCUT2D eigenvalue weighted by atomic mass is 10.1. The van der Waals surface area contributed by atoms with E-state index in [2.05, 4.69) is 4.98 Å². The number of carbonyl (C=O) groups is 2. The summed E-state index contributed by atoms with van der Waals surface area (Å²) >= 11 is 0. The first kappa shape index (κ1) is 13.2. The van der Waals surface area contributed by atoms with Gasteiger partial charge in [0.2, 0.25) is 0 Å². The van der Waals surface area contributed by atoms with Gasteiger partial charge >= 0.3 is 11.9 Å². The maximum atomic E-state index is 11.3. The Morgan fingerprint density at radius 1 is 1.35 bits per heavy atom. The Labute approximate surface area is 99.8 Å². The average Bonchev–Trinajstić information content (AvgIpc) is 2.28. The van der Waals surface area contributed by atoms with Gasteiger partial charge in [-0.3, -0.25) is 14.6 Å². The number of hydrogen-bond donors (Lipinski definition) is 0. The molecule has 0 saturated heterocycles. The van der Waals surface area contributed by atoms with Crippen LogP contribution < -0.4 is 0 Å². The van der Waals surface area contributed by atoms with Crippen molar-refractivity contribution in [3.05, 3.63) is 29.6 Å². The Morgan fingerprint density at radius 2 is 2.12 bits per heavy atom. The first-order chi connectivity index (χ1) is 8.13. The number of rotatable bonds is 5. The van der Waals surface area contributed by atoms with E-state index in [4.69, 9.17) is 9.47 Å². The molecule has 0 saturated carbocycles. The Bertz CT molecular complexity index is 403. The maximum absolute atomic E-state index is 11.3. The zero-order valence-electron chi connectivity index (χ0n) is 9.93. The molecule has 1 rings (SSSR count). The van der Waals surface area contributed by atoms with Crippen molar-refractivity contribution in [3.8, 4) is 0 Å². The van der Waals surface area contributed by atoms with Crippen LogP contribution in [0.15, 0.2) is 18.3 Å². The van der Waals surface area contributed by atoms with E-state index in [1.54, 1.807) is 25.3 Å². The molecule has 17 heavy (non-hydrogen) atoms. The van der Waals surface area contributed by atoms with Crippen LogP contribution in [-0.2, 0) is 32.1 Å². The second-order valence-corrected chi connectivity index (χ2v) is 3.37. The fourth-order valence-electron chi connectivity index (χ4n) is 1.30. The molecule has 0 unspecified atom stereocenters. The summed E-state index contributed by atoms with van der Waals surface area (Å²) < 4.78 is 9.71. The Kier molecular flexibility index (Phi) is 5.13. The van der Waals surface area contributed by atoms with Crippen LogP contribution in [-0.4, -0.2) is 23.5 Å². The van der Waals surface area contributed by atoms with E-state index < -0.39 is 0 Å². The quantitative estimate of drug-likeness (QED) is 0.721. The fraction of sp³-hybridized carbons (Fsp3) is 0.417. The van der Waals surface area contributed by atoms with Crippen molar-refractivity contribution in [2.45, 2.75) is 26.9 Å². The van der Waals surface area contributed by atoms with Crippen LogP contribution in [0.5, 0.6) is 0 Å². The van der Waals surface area contributed by atoms with Gasteiger partial charge in [0.15, 0.2) is 0 Å². The molecule has 5 heteroatoms. The summed E-state index contributed by atoms with van der Waals surface area (Å²) in [5.74, 6) is -0.692. The van der Waals surface area contributed by atoms with Crippen LogP contribution in [0.25, 0.3) is 0 Å². The van der Waals surface area contributed by atoms with Gasteiger partial charge in [-0.1, -0.05) is 6.07 Å². The third kappa shape index (κ3) is 4.63. The minimum atomic E-state index is -0.377. The molecule has 0 amide bonds. The van der Waals surface area contributed by atoms with Crippen molar-refractivity contribution < 1.29 is 19.1 Å². The van der Waals surface area contributed by atoms with E-state index >= 15 is 0 Å². The van der Waals surface area contributed by atoms with E-state index in [-0.39, 0.29) is 25.0 Å². The molecule has 0 N–H and O–H groups in total. The van der Waals surface area contributed by atoms with Crippen LogP contribution in [0.4, 0.5) is 0 Å². The van der Waals surface area contributed by atoms with Crippen LogP contribution >= 0.6 is 0 Å². The first-order valence-electron chi connectivity index (χ1n) is 5.35. The average molecular weight is 237 g/mol. The summed E-state index contributed by atoms with van der Waals surface area (Å²) in [5, 5.41) is 0. The van der Waals surface area contributed by atoms with Gasteiger partial charge in [0, 0.05) is 13.1 Å². The van der Waals surface area contributed by atoms with Crippen molar-refractivity contribution >= 4 is 11.9 Å². The van der Waals surface area contributed by atoms with Gasteiger partial charge in [-0.25, -0.2) is 0 Å². The van der Waals surface area contributed by atoms with Gasteiger partial charge in [0.25, 0.3) is 0 Å². The van der Waals surface area contributed by atoms with E-state index in [0.29, 0.717) is 17.9 Å². The number of esters is 2. The lowest BCUT2D eigenvalue weighted by Crippen LogP contribution is -2.11. The van der Waals surface area contributed by atoms with Crippen LogP contribution in [0, 0.1) is 0 Å². The summed E-state index contributed by atoms with van der Waals surface area (Å²) in [7, 11) is 0. The Balaban J connectivity index is 2.70. The van der Waals surface area contributed by atoms with E-state index in [1.165, 1.54) is 6.92 Å². The molecule has 92 valence electrons. The highest BCUT2D eigenvalue weighted by Crippen LogP contribution is 2.08. The largest absolute Gasteiger partial charge is 0.466 e. The summed E-state index contributed by atoms with van der Waals surface area (Å²) in [6, 6.07) is 3.49. The second kappa shape index (κ2) is 6.62. The van der Waals surface area contributed by atoms with Crippen LogP contribution in [0.3, 0.4) is 0 Å². The maximum Gasteiger partial charge on any atom is 0.310 e. The van der Waals surface area contributed by atoms with Crippen molar-refractivity contribution in [1.29, 1.82) is 0 Å². The summed E-state index contributed by atoms with van der Waals surface area (Å²) in [4.78, 5) is 26.1. The molecule has 0 aliphatic rings. The molecule has 0 aliphatic carbocycles. The SMILES string of the molecule is CCOC(=O)Cc1cccnc1COC(C)=O. The molecule has 0 spiro atoms. The van der Waals surface area contributed by atoms with E-state index in [1.807, 2.05) is 0 Å². The second-order valence-electron chi connectivity index (χ2n) is 3.37. The smallest absolute Gasteiger partial charge is 0.310 e. The monoisotopic (exact) mass is 237 g/mol. The molecule has 5 nitrogen and oxygen atoms in total. The lowest BCUT2D eigenvalue weighted by Gasteiger charge is -2.07. The van der Waals surface area contributed by atoms with Gasteiger partial charge in [-0.05, 0) is 18.6 Å². The Morgan fingerprint density at radius 3 is 2.76 bits per heavy atom. The molecule has 0 aliphatic heterocycles. The van der Waals surface area contributed by atoms with Crippen molar-refractivity contribution in [2.75, 3.05) is 6.61 Å². The number of carbonyl (C=O) groups excluding carboxylic acids is 2. The predicted molar refractivity (Wildman–Crippen MR) is 60.0 cm³/mol. The third-order valence-corrected chi connectivity index (χ3v) is 2.04. The standard InChI is InChI=1S/C12H15NO4/c1-3-16-12(15)7-10-5-4-6-13-11(10)8-17-9(2)14/h4-6H,3,7-8H2,1-2H3. The molecule has 0 aromatic carbocycles. The summed E-state index contributed by atoms with van der Waals surface area (Å²) in [6.45, 7) is 3.50. The molecule has 0 atom stereocenters. The number of ether oxygens (including phenoxy) is 2. The first-order valence-corrected chi connectivity index (χ1v) is 5.35. The molecule has 0 fully saturated rings. The zero-order chi connectivity index (χ0) is 12.7. The minimum Gasteiger partial charge on any atom is -0.466 e. The zero-order valence-corrected chi connectivity index (χ0v) is 9.93. The summed E-state index contributed by atoms with van der Waals surface area (Å²) in [5.41, 5.74) is 1.29. The summed E-state index contributed by atoms with van der Waals surface area (Å²) in [6.07, 6.45) is 1.73. The molecular formula is C12H15NO4. The van der Waals surface area contributed by atoms with E-state index in [9.17, 15) is 9.59 Å². The van der Waals surface area contributed by atoms with Crippen molar-refractivity contribution in [3.63, 3.8) is 0 Å². The fourth-order valence-corrected chi connectivity index (χ4v) is 1.30. The van der Waals surface area contributed by atoms with Gasteiger partial charge in [-0.2, -0.15) is 0 Å². The highest BCUT2D eigenvalue weighted by molar-refractivity contribution is 5.72. The molecule has 1 aromatic rings. The molecule has 0 radical (unpaired) electrons. The molecular weight excluding hydrogens is 222 g/mol. The highest BCUT2D eigenvalue weighted by atomic mass is 16.5. The normalized spacial score (nSPS) is 9.76. The highest BCUT2D eigenvalue weighted by Gasteiger charge is 2.10. The van der Waals surface area contributed by atoms with Crippen LogP contribution in [0.1, 0.15) is 25.1 Å². The molecule has 0 bridgehead atoms. The van der Waals surface area contributed by atoms with E-state index in [0.717, 1.165) is 0 Å². The third-order valence-electron chi connectivity index (χ3n) is 2.04. The van der Waals surface area contributed by atoms with Gasteiger partial charge in [0.1, 0.15) is 6.61 Å². The molecule has 1 aromatic heterocycles. The topological polar surface area (TPSA) is 65.5 Å².